The molecule has 2 aliphatic rings. The number of ether oxygens (including phenoxy) is 1. The molecule has 0 spiro atoms. The number of piperazine rings is 1. The van der Waals surface area contributed by atoms with Crippen LogP contribution in [0.25, 0.3) is 5.57 Å². The third-order valence-corrected chi connectivity index (χ3v) is 6.01. The maximum Gasteiger partial charge on any atom is 0.282 e. The molecule has 0 bridgehead atoms. The highest BCUT2D eigenvalue weighted by Gasteiger charge is 2.43. The summed E-state index contributed by atoms with van der Waals surface area (Å²) in [6.07, 6.45) is 0. The van der Waals surface area contributed by atoms with E-state index in [1.54, 1.807) is 19.2 Å². The van der Waals surface area contributed by atoms with Gasteiger partial charge in [0.05, 0.1) is 25.0 Å². The Kier molecular flexibility index (Phi) is 6.30. The number of carbonyl (C=O) groups is 2. The third kappa shape index (κ3) is 4.13. The molecule has 0 unspecified atom stereocenters. The number of aliphatic hydroxyl groups excluding tert-OH is 1. The molecule has 0 atom stereocenters. The van der Waals surface area contributed by atoms with Gasteiger partial charge in [0.15, 0.2) is 0 Å². The lowest BCUT2D eigenvalue weighted by molar-refractivity contribution is -0.120. The predicted octanol–water partition coefficient (Wildman–Crippen LogP) is 2.21. The van der Waals surface area contributed by atoms with Crippen LogP contribution in [0.3, 0.4) is 0 Å². The smallest absolute Gasteiger partial charge is 0.282 e. The lowest BCUT2D eigenvalue weighted by atomic mass is 10.0. The molecule has 1 saturated heterocycles. The van der Waals surface area contributed by atoms with Gasteiger partial charge in [-0.15, -0.1) is 0 Å². The quantitative estimate of drug-likeness (QED) is 0.702. The van der Waals surface area contributed by atoms with Gasteiger partial charge in [0.2, 0.25) is 0 Å². The highest BCUT2D eigenvalue weighted by molar-refractivity contribution is 6.45. The molecule has 0 aromatic heterocycles. The summed E-state index contributed by atoms with van der Waals surface area (Å²) in [6, 6.07) is 13.0. The summed E-state index contributed by atoms with van der Waals surface area (Å²) in [4.78, 5) is 32.8. The number of hydrogen-bond acceptors (Lipinski definition) is 6. The van der Waals surface area contributed by atoms with Gasteiger partial charge < -0.3 is 14.7 Å². The number of anilines is 1. The first kappa shape index (κ1) is 22.0. The van der Waals surface area contributed by atoms with Crippen molar-refractivity contribution in [3.05, 3.63) is 64.9 Å². The molecule has 2 heterocycles. The topological polar surface area (TPSA) is 73.3 Å². The lowest BCUT2D eigenvalue weighted by Gasteiger charge is -2.36. The highest BCUT2D eigenvalue weighted by atomic mass is 16.5. The Morgan fingerprint density at radius 2 is 1.53 bits per heavy atom. The second kappa shape index (κ2) is 9.14. The summed E-state index contributed by atoms with van der Waals surface area (Å²) >= 11 is 0. The monoisotopic (exact) mass is 435 g/mol. The van der Waals surface area contributed by atoms with Crippen LogP contribution in [-0.2, 0) is 9.59 Å². The summed E-state index contributed by atoms with van der Waals surface area (Å²) in [5, 5.41) is 9.23. The van der Waals surface area contributed by atoms with E-state index in [4.69, 9.17) is 4.74 Å². The number of carbonyl (C=O) groups excluding carboxylic acids is 2. The van der Waals surface area contributed by atoms with Gasteiger partial charge in [-0.2, -0.15) is 0 Å². The van der Waals surface area contributed by atoms with E-state index in [1.807, 2.05) is 49.1 Å². The van der Waals surface area contributed by atoms with E-state index < -0.39 is 0 Å². The number of β-amino-alcohol motifs (C(OH)–C–C–N with tert-alkyl or cyclic N) is 1. The number of rotatable bonds is 6. The maximum absolute atomic E-state index is 13.7. The van der Waals surface area contributed by atoms with E-state index in [0.717, 1.165) is 24.2 Å². The minimum Gasteiger partial charge on any atom is -0.497 e. The Bertz CT molecular complexity index is 1030. The number of amides is 2. The zero-order valence-electron chi connectivity index (χ0n) is 18.8. The molecule has 7 heteroatoms. The number of nitrogens with zero attached hydrogens (tertiary/aromatic N) is 3. The van der Waals surface area contributed by atoms with Crippen molar-refractivity contribution in [2.45, 2.75) is 13.8 Å². The molecule has 32 heavy (non-hydrogen) atoms. The van der Waals surface area contributed by atoms with Crippen molar-refractivity contribution in [1.82, 2.24) is 9.80 Å². The summed E-state index contributed by atoms with van der Waals surface area (Å²) in [5.41, 5.74) is 4.16. The average Bonchev–Trinajstić information content (AvgIpc) is 3.04. The SMILES string of the molecule is COc1ccc(C2=C(N3CCN(CCO)CC3)C(=O)N(c3cc(C)cc(C)c3)C2=O)cc1. The molecular formula is C25H29N3O4. The number of imide groups is 1. The van der Waals surface area contributed by atoms with Crippen molar-refractivity contribution in [2.24, 2.45) is 0 Å². The van der Waals surface area contributed by atoms with Crippen LogP contribution in [0.2, 0.25) is 0 Å². The Morgan fingerprint density at radius 3 is 2.09 bits per heavy atom. The van der Waals surface area contributed by atoms with Crippen molar-refractivity contribution >= 4 is 23.1 Å². The largest absolute Gasteiger partial charge is 0.497 e. The number of aliphatic hydroxyl groups is 1. The average molecular weight is 436 g/mol. The van der Waals surface area contributed by atoms with Gasteiger partial charge in [-0.05, 0) is 54.8 Å². The van der Waals surface area contributed by atoms with Crippen LogP contribution in [0.1, 0.15) is 16.7 Å². The summed E-state index contributed by atoms with van der Waals surface area (Å²) in [5.74, 6) is 0.0934. The van der Waals surface area contributed by atoms with E-state index in [2.05, 4.69) is 4.90 Å². The molecule has 168 valence electrons. The fourth-order valence-electron chi connectivity index (χ4n) is 4.48. The number of hydrogen-bond donors (Lipinski definition) is 1. The van der Waals surface area contributed by atoms with Gasteiger partial charge in [0, 0.05) is 32.7 Å². The molecular weight excluding hydrogens is 406 g/mol. The molecule has 0 radical (unpaired) electrons. The molecule has 2 aromatic rings. The molecule has 2 amide bonds. The fourth-order valence-corrected chi connectivity index (χ4v) is 4.48. The van der Waals surface area contributed by atoms with Gasteiger partial charge in [-0.1, -0.05) is 18.2 Å². The summed E-state index contributed by atoms with van der Waals surface area (Å²) < 4.78 is 5.26. The molecule has 1 N–H and O–H groups in total. The van der Waals surface area contributed by atoms with Crippen LogP contribution in [0.15, 0.2) is 48.2 Å². The van der Waals surface area contributed by atoms with Crippen molar-refractivity contribution in [1.29, 1.82) is 0 Å². The van der Waals surface area contributed by atoms with Crippen LogP contribution in [0, 0.1) is 13.8 Å². The van der Waals surface area contributed by atoms with Gasteiger partial charge in [0.25, 0.3) is 11.8 Å². The van der Waals surface area contributed by atoms with Crippen molar-refractivity contribution in [3.8, 4) is 5.75 Å². The fraction of sp³-hybridized carbons (Fsp3) is 0.360. The number of benzene rings is 2. The van der Waals surface area contributed by atoms with E-state index in [9.17, 15) is 14.7 Å². The second-order valence-corrected chi connectivity index (χ2v) is 8.30. The molecule has 2 aliphatic heterocycles. The molecule has 1 fully saturated rings. The molecule has 2 aromatic carbocycles. The first-order valence-corrected chi connectivity index (χ1v) is 10.9. The standard InChI is InChI=1S/C25H29N3O4/c1-17-14-18(2)16-20(15-17)28-24(30)22(19-4-6-21(32-3)7-5-19)23(25(28)31)27-10-8-26(9-11-27)12-13-29/h4-7,14-16,29H,8-13H2,1-3H3. The van der Waals surface area contributed by atoms with Crippen LogP contribution in [-0.4, -0.2) is 73.2 Å². The van der Waals surface area contributed by atoms with E-state index in [1.165, 1.54) is 4.90 Å². The normalized spacial score (nSPS) is 17.5. The van der Waals surface area contributed by atoms with E-state index in [-0.39, 0.29) is 18.4 Å². The van der Waals surface area contributed by atoms with Crippen LogP contribution >= 0.6 is 0 Å². The zero-order chi connectivity index (χ0) is 22.8. The van der Waals surface area contributed by atoms with Crippen LogP contribution in [0.5, 0.6) is 5.75 Å². The van der Waals surface area contributed by atoms with Crippen LogP contribution in [0.4, 0.5) is 5.69 Å². The number of aryl methyl sites for hydroxylation is 2. The first-order valence-electron chi connectivity index (χ1n) is 10.9. The van der Waals surface area contributed by atoms with E-state index in [0.29, 0.717) is 47.9 Å². The van der Waals surface area contributed by atoms with E-state index >= 15 is 0 Å². The maximum atomic E-state index is 13.7. The second-order valence-electron chi connectivity index (χ2n) is 8.30. The summed E-state index contributed by atoms with van der Waals surface area (Å²) in [7, 11) is 1.59. The minimum atomic E-state index is -0.307. The predicted molar refractivity (Wildman–Crippen MR) is 123 cm³/mol. The lowest BCUT2D eigenvalue weighted by Crippen LogP contribution is -2.48. The Labute approximate surface area is 188 Å². The molecule has 0 aliphatic carbocycles. The van der Waals surface area contributed by atoms with Crippen molar-refractivity contribution < 1.29 is 19.4 Å². The molecule has 4 rings (SSSR count). The van der Waals surface area contributed by atoms with Crippen LogP contribution < -0.4 is 9.64 Å². The first-order chi connectivity index (χ1) is 15.4. The summed E-state index contributed by atoms with van der Waals surface area (Å²) in [6.45, 7) is 7.33. The van der Waals surface area contributed by atoms with Crippen molar-refractivity contribution in [2.75, 3.05) is 51.3 Å². The van der Waals surface area contributed by atoms with Crippen molar-refractivity contribution in [3.63, 3.8) is 0 Å². The minimum absolute atomic E-state index is 0.109. The Morgan fingerprint density at radius 1 is 0.906 bits per heavy atom. The Hall–Kier alpha value is -3.16. The van der Waals surface area contributed by atoms with Gasteiger partial charge >= 0.3 is 0 Å². The number of methoxy groups -OCH3 is 1. The van der Waals surface area contributed by atoms with Gasteiger partial charge in [-0.25, -0.2) is 4.90 Å². The highest BCUT2D eigenvalue weighted by Crippen LogP contribution is 2.36. The molecule has 7 nitrogen and oxygen atoms in total. The third-order valence-electron chi connectivity index (χ3n) is 6.01. The Balaban J connectivity index is 1.75. The zero-order valence-corrected chi connectivity index (χ0v) is 18.8. The van der Waals surface area contributed by atoms with Gasteiger partial charge in [-0.3, -0.25) is 14.5 Å². The molecule has 0 saturated carbocycles. The van der Waals surface area contributed by atoms with Gasteiger partial charge in [0.1, 0.15) is 11.4 Å².